The van der Waals surface area contributed by atoms with Crippen LogP contribution in [-0.2, 0) is 16.1 Å². The maximum atomic E-state index is 11.7. The molecule has 0 radical (unpaired) electrons. The SMILES string of the molecule is C/C(=N\NC(=O)C(=O)NCc1ccco1)c1ccc(Cl)c(Cl)c1. The van der Waals surface area contributed by atoms with Crippen molar-refractivity contribution in [2.75, 3.05) is 0 Å². The Balaban J connectivity index is 1.91. The van der Waals surface area contributed by atoms with Gasteiger partial charge in [-0.1, -0.05) is 29.3 Å². The molecule has 0 aliphatic heterocycles. The van der Waals surface area contributed by atoms with Gasteiger partial charge in [-0.2, -0.15) is 5.10 Å². The second-order valence-corrected chi connectivity index (χ2v) is 5.34. The lowest BCUT2D eigenvalue weighted by Crippen LogP contribution is -2.37. The highest BCUT2D eigenvalue weighted by Gasteiger charge is 2.13. The third kappa shape index (κ3) is 4.84. The Labute approximate surface area is 142 Å². The van der Waals surface area contributed by atoms with E-state index < -0.39 is 11.8 Å². The molecule has 1 aromatic heterocycles. The minimum atomic E-state index is -0.879. The summed E-state index contributed by atoms with van der Waals surface area (Å²) in [6, 6.07) is 8.31. The van der Waals surface area contributed by atoms with Crippen LogP contribution in [0.1, 0.15) is 18.2 Å². The van der Waals surface area contributed by atoms with E-state index in [1.165, 1.54) is 6.26 Å². The van der Waals surface area contributed by atoms with Crippen molar-refractivity contribution in [2.24, 2.45) is 5.10 Å². The van der Waals surface area contributed by atoms with Crippen LogP contribution in [0.4, 0.5) is 0 Å². The van der Waals surface area contributed by atoms with E-state index >= 15 is 0 Å². The van der Waals surface area contributed by atoms with Gasteiger partial charge in [-0.25, -0.2) is 5.43 Å². The van der Waals surface area contributed by atoms with Crippen LogP contribution in [0.15, 0.2) is 46.1 Å². The first kappa shape index (κ1) is 17.1. The Morgan fingerprint density at radius 1 is 1.17 bits per heavy atom. The van der Waals surface area contributed by atoms with Crippen molar-refractivity contribution < 1.29 is 14.0 Å². The number of carbonyl (C=O) groups is 2. The zero-order valence-electron chi connectivity index (χ0n) is 12.1. The first-order valence-electron chi connectivity index (χ1n) is 6.57. The van der Waals surface area contributed by atoms with Gasteiger partial charge in [0.25, 0.3) is 0 Å². The minimum Gasteiger partial charge on any atom is -0.467 e. The lowest BCUT2D eigenvalue weighted by molar-refractivity contribution is -0.139. The number of nitrogens with zero attached hydrogens (tertiary/aromatic N) is 1. The molecule has 1 aromatic carbocycles. The number of carbonyl (C=O) groups excluding carboxylic acids is 2. The summed E-state index contributed by atoms with van der Waals surface area (Å²) < 4.78 is 5.04. The van der Waals surface area contributed by atoms with Gasteiger partial charge in [-0.3, -0.25) is 9.59 Å². The molecule has 0 aliphatic carbocycles. The molecule has 1 heterocycles. The molecule has 2 rings (SSSR count). The van der Waals surface area contributed by atoms with Crippen LogP contribution >= 0.6 is 23.2 Å². The third-order valence-corrected chi connectivity index (χ3v) is 3.61. The predicted molar refractivity (Wildman–Crippen MR) is 87.4 cm³/mol. The summed E-state index contributed by atoms with van der Waals surface area (Å²) in [5.41, 5.74) is 3.33. The monoisotopic (exact) mass is 353 g/mol. The van der Waals surface area contributed by atoms with Gasteiger partial charge < -0.3 is 9.73 Å². The molecule has 0 unspecified atom stereocenters. The Kier molecular flexibility index (Phi) is 5.78. The molecule has 2 amide bonds. The number of hydrogen-bond donors (Lipinski definition) is 2. The van der Waals surface area contributed by atoms with E-state index in [1.54, 1.807) is 37.3 Å². The predicted octanol–water partition coefficient (Wildman–Crippen LogP) is 2.74. The number of hydrazone groups is 1. The summed E-state index contributed by atoms with van der Waals surface area (Å²) in [6.07, 6.45) is 1.48. The number of hydrogen-bond acceptors (Lipinski definition) is 4. The maximum Gasteiger partial charge on any atom is 0.329 e. The molecule has 23 heavy (non-hydrogen) atoms. The zero-order valence-corrected chi connectivity index (χ0v) is 13.6. The van der Waals surface area contributed by atoms with E-state index in [1.807, 2.05) is 0 Å². The summed E-state index contributed by atoms with van der Waals surface area (Å²) in [5.74, 6) is -1.15. The van der Waals surface area contributed by atoms with Crippen LogP contribution in [-0.4, -0.2) is 17.5 Å². The normalized spacial score (nSPS) is 11.2. The number of furan rings is 1. The summed E-state index contributed by atoms with van der Waals surface area (Å²) in [5, 5.41) is 7.07. The van der Waals surface area contributed by atoms with Crippen molar-refractivity contribution in [3.8, 4) is 0 Å². The van der Waals surface area contributed by atoms with Crippen molar-refractivity contribution in [3.05, 3.63) is 58.0 Å². The fraction of sp³-hybridized carbons (Fsp3) is 0.133. The topological polar surface area (TPSA) is 83.7 Å². The van der Waals surface area contributed by atoms with Gasteiger partial charge in [-0.05, 0) is 36.8 Å². The van der Waals surface area contributed by atoms with Crippen molar-refractivity contribution >= 4 is 40.7 Å². The molecule has 0 bridgehead atoms. The van der Waals surface area contributed by atoms with Crippen molar-refractivity contribution in [3.63, 3.8) is 0 Å². The van der Waals surface area contributed by atoms with Gasteiger partial charge in [0.2, 0.25) is 0 Å². The van der Waals surface area contributed by atoms with Gasteiger partial charge in [0.15, 0.2) is 0 Å². The molecule has 6 nitrogen and oxygen atoms in total. The number of amides is 2. The maximum absolute atomic E-state index is 11.7. The summed E-state index contributed by atoms with van der Waals surface area (Å²) in [6.45, 7) is 1.79. The second kappa shape index (κ2) is 7.80. The Hall–Kier alpha value is -2.31. The quantitative estimate of drug-likeness (QED) is 0.503. The van der Waals surface area contributed by atoms with Crippen LogP contribution in [0.3, 0.4) is 0 Å². The lowest BCUT2D eigenvalue weighted by atomic mass is 10.1. The van der Waals surface area contributed by atoms with E-state index in [0.29, 0.717) is 27.1 Å². The zero-order chi connectivity index (χ0) is 16.8. The molecule has 0 aliphatic rings. The number of halogens is 2. The largest absolute Gasteiger partial charge is 0.467 e. The fourth-order valence-electron chi connectivity index (χ4n) is 1.63. The first-order valence-corrected chi connectivity index (χ1v) is 7.33. The van der Waals surface area contributed by atoms with Crippen LogP contribution in [0, 0.1) is 0 Å². The molecule has 0 saturated carbocycles. The van der Waals surface area contributed by atoms with Gasteiger partial charge in [0.1, 0.15) is 5.76 Å². The minimum absolute atomic E-state index is 0.120. The standard InChI is InChI=1S/C15H13Cl2N3O3/c1-9(10-4-5-12(16)13(17)7-10)19-20-15(22)14(21)18-8-11-3-2-6-23-11/h2-7H,8H2,1H3,(H,18,21)(H,20,22)/b19-9+. The molecule has 2 aromatic rings. The summed E-state index contributed by atoms with van der Waals surface area (Å²) in [7, 11) is 0. The lowest BCUT2D eigenvalue weighted by Gasteiger charge is -2.05. The van der Waals surface area contributed by atoms with Gasteiger partial charge in [0, 0.05) is 0 Å². The summed E-state index contributed by atoms with van der Waals surface area (Å²) >= 11 is 11.7. The molecule has 8 heteroatoms. The van der Waals surface area contributed by atoms with E-state index in [-0.39, 0.29) is 6.54 Å². The van der Waals surface area contributed by atoms with E-state index in [2.05, 4.69) is 15.8 Å². The highest BCUT2D eigenvalue weighted by molar-refractivity contribution is 6.42. The van der Waals surface area contributed by atoms with Gasteiger partial charge in [0.05, 0.1) is 28.6 Å². The van der Waals surface area contributed by atoms with Crippen LogP contribution in [0.2, 0.25) is 10.0 Å². The van der Waals surface area contributed by atoms with Crippen LogP contribution < -0.4 is 10.7 Å². The van der Waals surface area contributed by atoms with Crippen molar-refractivity contribution in [2.45, 2.75) is 13.5 Å². The van der Waals surface area contributed by atoms with E-state index in [4.69, 9.17) is 27.6 Å². The Morgan fingerprint density at radius 2 is 1.96 bits per heavy atom. The number of rotatable bonds is 4. The molecule has 0 saturated heterocycles. The van der Waals surface area contributed by atoms with Crippen LogP contribution in [0.5, 0.6) is 0 Å². The second-order valence-electron chi connectivity index (χ2n) is 4.53. The average Bonchev–Trinajstić information content (AvgIpc) is 3.05. The molecule has 2 N–H and O–H groups in total. The summed E-state index contributed by atoms with van der Waals surface area (Å²) in [4.78, 5) is 23.3. The molecular formula is C15H13Cl2N3O3. The third-order valence-electron chi connectivity index (χ3n) is 2.87. The fourth-order valence-corrected chi connectivity index (χ4v) is 1.93. The van der Waals surface area contributed by atoms with E-state index in [9.17, 15) is 9.59 Å². The average molecular weight is 354 g/mol. The van der Waals surface area contributed by atoms with Gasteiger partial charge >= 0.3 is 11.8 Å². The number of benzene rings is 1. The Bertz CT molecular complexity index is 742. The molecule has 0 atom stereocenters. The van der Waals surface area contributed by atoms with E-state index in [0.717, 1.165) is 0 Å². The molecular weight excluding hydrogens is 341 g/mol. The van der Waals surface area contributed by atoms with Crippen LogP contribution in [0.25, 0.3) is 0 Å². The first-order chi connectivity index (χ1) is 11.0. The highest BCUT2D eigenvalue weighted by atomic mass is 35.5. The van der Waals surface area contributed by atoms with Crippen molar-refractivity contribution in [1.29, 1.82) is 0 Å². The number of nitrogens with one attached hydrogen (secondary N) is 2. The smallest absolute Gasteiger partial charge is 0.329 e. The van der Waals surface area contributed by atoms with Gasteiger partial charge in [-0.15, -0.1) is 0 Å². The molecule has 0 spiro atoms. The Morgan fingerprint density at radius 3 is 2.61 bits per heavy atom. The molecule has 120 valence electrons. The van der Waals surface area contributed by atoms with Crippen molar-refractivity contribution in [1.82, 2.24) is 10.7 Å². The highest BCUT2D eigenvalue weighted by Crippen LogP contribution is 2.22. The molecule has 0 fully saturated rings.